The zero-order valence-corrected chi connectivity index (χ0v) is 18.0. The van der Waals surface area contributed by atoms with Crippen LogP contribution in [0.3, 0.4) is 0 Å². The van der Waals surface area contributed by atoms with E-state index in [1.807, 2.05) is 26.8 Å². The van der Waals surface area contributed by atoms with E-state index in [1.54, 1.807) is 24.3 Å². The molecule has 162 valence electrons. The maximum Gasteiger partial charge on any atom is 0.387 e. The molecule has 0 aliphatic heterocycles. The Bertz CT molecular complexity index is 1100. The number of aromatic nitrogens is 1. The molecule has 6 nitrogen and oxygen atoms in total. The summed E-state index contributed by atoms with van der Waals surface area (Å²) in [4.78, 5) is 29.7. The number of nitrogens with one attached hydrogen (secondary N) is 2. The predicted octanol–water partition coefficient (Wildman–Crippen LogP) is 4.71. The van der Waals surface area contributed by atoms with Crippen LogP contribution in [0.15, 0.2) is 42.5 Å². The van der Waals surface area contributed by atoms with E-state index < -0.39 is 12.5 Å². The largest absolute Gasteiger partial charge is 0.435 e. The Balaban J connectivity index is 1.59. The Morgan fingerprint density at radius 2 is 1.77 bits per heavy atom. The number of alkyl halides is 2. The number of halogens is 2. The van der Waals surface area contributed by atoms with Gasteiger partial charge in [-0.2, -0.15) is 8.78 Å². The first-order valence-corrected chi connectivity index (χ1v) is 10.2. The van der Waals surface area contributed by atoms with Crippen LogP contribution < -0.4 is 15.4 Å². The van der Waals surface area contributed by atoms with Crippen LogP contribution in [-0.4, -0.2) is 30.0 Å². The van der Waals surface area contributed by atoms with Gasteiger partial charge in [0.15, 0.2) is 5.13 Å². The SMILES string of the molecule is Cc1ccc(C(=O)NCC(=O)Nc2nc(-c3ccc(OC(F)F)cc3)c(C)s2)cc1C. The van der Waals surface area contributed by atoms with Gasteiger partial charge in [0.2, 0.25) is 5.91 Å². The van der Waals surface area contributed by atoms with Crippen molar-refractivity contribution in [3.05, 3.63) is 64.0 Å². The first-order chi connectivity index (χ1) is 14.7. The molecule has 3 aromatic rings. The van der Waals surface area contributed by atoms with Gasteiger partial charge in [-0.15, -0.1) is 11.3 Å². The van der Waals surface area contributed by atoms with Gasteiger partial charge in [-0.25, -0.2) is 4.98 Å². The molecule has 2 aromatic carbocycles. The quantitative estimate of drug-likeness (QED) is 0.552. The number of benzene rings is 2. The molecule has 0 saturated carbocycles. The number of carbonyl (C=O) groups is 2. The molecule has 0 fully saturated rings. The monoisotopic (exact) mass is 445 g/mol. The van der Waals surface area contributed by atoms with Crippen molar-refractivity contribution in [2.24, 2.45) is 0 Å². The highest BCUT2D eigenvalue weighted by molar-refractivity contribution is 7.16. The Morgan fingerprint density at radius 1 is 1.06 bits per heavy atom. The molecule has 0 aliphatic rings. The molecule has 3 rings (SSSR count). The van der Waals surface area contributed by atoms with Crippen LogP contribution in [-0.2, 0) is 4.79 Å². The second-order valence-electron chi connectivity index (χ2n) is 6.86. The summed E-state index contributed by atoms with van der Waals surface area (Å²) in [5.74, 6) is -0.682. The zero-order valence-electron chi connectivity index (χ0n) is 17.2. The van der Waals surface area contributed by atoms with Gasteiger partial charge < -0.3 is 15.4 Å². The van der Waals surface area contributed by atoms with Crippen LogP contribution in [0.2, 0.25) is 0 Å². The molecule has 0 saturated heterocycles. The topological polar surface area (TPSA) is 80.3 Å². The fraction of sp³-hybridized carbons (Fsp3) is 0.227. The number of nitrogens with zero attached hydrogens (tertiary/aromatic N) is 1. The average molecular weight is 445 g/mol. The fourth-order valence-corrected chi connectivity index (χ4v) is 3.67. The number of amides is 2. The molecule has 0 aliphatic carbocycles. The molecule has 9 heteroatoms. The van der Waals surface area contributed by atoms with Gasteiger partial charge in [0.25, 0.3) is 5.91 Å². The molecule has 1 heterocycles. The summed E-state index contributed by atoms with van der Waals surface area (Å²) in [7, 11) is 0. The van der Waals surface area contributed by atoms with Crippen molar-refractivity contribution in [3.63, 3.8) is 0 Å². The lowest BCUT2D eigenvalue weighted by molar-refractivity contribution is -0.115. The van der Waals surface area contributed by atoms with E-state index in [1.165, 1.54) is 23.5 Å². The first-order valence-electron chi connectivity index (χ1n) is 9.41. The molecule has 31 heavy (non-hydrogen) atoms. The smallest absolute Gasteiger partial charge is 0.387 e. The first kappa shape index (κ1) is 22.4. The van der Waals surface area contributed by atoms with Crippen molar-refractivity contribution < 1.29 is 23.1 Å². The lowest BCUT2D eigenvalue weighted by Crippen LogP contribution is -2.32. The van der Waals surface area contributed by atoms with Gasteiger partial charge >= 0.3 is 6.61 Å². The van der Waals surface area contributed by atoms with Crippen LogP contribution in [0, 0.1) is 20.8 Å². The normalized spacial score (nSPS) is 10.8. The Morgan fingerprint density at radius 3 is 2.42 bits per heavy atom. The standard InChI is InChI=1S/C22H21F2N3O3S/c1-12-4-5-16(10-13(12)2)20(29)25-11-18(28)26-22-27-19(14(3)31-22)15-6-8-17(9-7-15)30-21(23)24/h4-10,21H,11H2,1-3H3,(H,25,29)(H,26,27,28). The van der Waals surface area contributed by atoms with Crippen LogP contribution in [0.5, 0.6) is 5.75 Å². The number of anilines is 1. The van der Waals surface area contributed by atoms with Crippen molar-refractivity contribution in [1.29, 1.82) is 0 Å². The van der Waals surface area contributed by atoms with E-state index in [0.29, 0.717) is 22.0 Å². The third-order valence-electron chi connectivity index (χ3n) is 4.57. The Labute approximate surface area is 182 Å². The zero-order chi connectivity index (χ0) is 22.5. The van der Waals surface area contributed by atoms with Gasteiger partial charge in [0.05, 0.1) is 12.2 Å². The third kappa shape index (κ3) is 5.85. The summed E-state index contributed by atoms with van der Waals surface area (Å²) < 4.78 is 28.9. The maximum absolute atomic E-state index is 12.3. The third-order valence-corrected chi connectivity index (χ3v) is 5.46. The molecule has 0 bridgehead atoms. The molecule has 0 spiro atoms. The lowest BCUT2D eigenvalue weighted by Gasteiger charge is -2.07. The number of thiazole rings is 1. The summed E-state index contributed by atoms with van der Waals surface area (Å²) in [6, 6.07) is 11.4. The van der Waals surface area contributed by atoms with E-state index >= 15 is 0 Å². The van der Waals surface area contributed by atoms with E-state index in [0.717, 1.165) is 16.0 Å². The number of rotatable bonds is 7. The summed E-state index contributed by atoms with van der Waals surface area (Å²) in [6.07, 6.45) is 0. The van der Waals surface area contributed by atoms with Crippen molar-refractivity contribution >= 4 is 28.3 Å². The van der Waals surface area contributed by atoms with Crippen molar-refractivity contribution in [2.45, 2.75) is 27.4 Å². The van der Waals surface area contributed by atoms with Crippen LogP contribution in [0.4, 0.5) is 13.9 Å². The predicted molar refractivity (Wildman–Crippen MR) is 116 cm³/mol. The summed E-state index contributed by atoms with van der Waals surface area (Å²) in [5, 5.41) is 5.64. The van der Waals surface area contributed by atoms with Crippen molar-refractivity contribution in [3.8, 4) is 17.0 Å². The molecule has 0 unspecified atom stereocenters. The van der Waals surface area contributed by atoms with E-state index in [9.17, 15) is 18.4 Å². The number of aryl methyl sites for hydroxylation is 3. The fourth-order valence-electron chi connectivity index (χ4n) is 2.82. The summed E-state index contributed by atoms with van der Waals surface area (Å²) in [6.45, 7) is 2.64. The van der Waals surface area contributed by atoms with Gasteiger partial charge in [0, 0.05) is 16.0 Å². The minimum Gasteiger partial charge on any atom is -0.435 e. The maximum atomic E-state index is 12.3. The highest BCUT2D eigenvalue weighted by atomic mass is 32.1. The molecule has 2 amide bonds. The molecular formula is C22H21F2N3O3S. The number of hydrogen-bond acceptors (Lipinski definition) is 5. The van der Waals surface area contributed by atoms with Crippen LogP contribution >= 0.6 is 11.3 Å². The number of hydrogen-bond donors (Lipinski definition) is 2. The van der Waals surface area contributed by atoms with E-state index in [4.69, 9.17) is 0 Å². The molecule has 1 aromatic heterocycles. The highest BCUT2D eigenvalue weighted by Gasteiger charge is 2.14. The minimum absolute atomic E-state index is 0.0553. The Hall–Kier alpha value is -3.33. The van der Waals surface area contributed by atoms with Gasteiger partial charge in [-0.3, -0.25) is 9.59 Å². The van der Waals surface area contributed by atoms with Crippen LogP contribution in [0.1, 0.15) is 26.4 Å². The average Bonchev–Trinajstić information content (AvgIpc) is 3.08. The number of ether oxygens (including phenoxy) is 1. The van der Waals surface area contributed by atoms with E-state index in [2.05, 4.69) is 20.4 Å². The minimum atomic E-state index is -2.89. The van der Waals surface area contributed by atoms with Crippen LogP contribution in [0.25, 0.3) is 11.3 Å². The second-order valence-corrected chi connectivity index (χ2v) is 8.06. The lowest BCUT2D eigenvalue weighted by atomic mass is 10.1. The van der Waals surface area contributed by atoms with Gasteiger partial charge in [-0.1, -0.05) is 6.07 Å². The second kappa shape index (κ2) is 9.65. The Kier molecular flexibility index (Phi) is 6.96. The van der Waals surface area contributed by atoms with Gasteiger partial charge in [0.1, 0.15) is 5.75 Å². The number of carbonyl (C=O) groups excluding carboxylic acids is 2. The molecule has 2 N–H and O–H groups in total. The molecular weight excluding hydrogens is 424 g/mol. The summed E-state index contributed by atoms with van der Waals surface area (Å²) >= 11 is 1.28. The highest BCUT2D eigenvalue weighted by Crippen LogP contribution is 2.31. The van der Waals surface area contributed by atoms with Gasteiger partial charge in [-0.05, 0) is 68.3 Å². The van der Waals surface area contributed by atoms with Crippen molar-refractivity contribution in [2.75, 3.05) is 11.9 Å². The van der Waals surface area contributed by atoms with E-state index in [-0.39, 0.29) is 18.2 Å². The van der Waals surface area contributed by atoms with Crippen molar-refractivity contribution in [1.82, 2.24) is 10.3 Å². The molecule has 0 radical (unpaired) electrons. The molecule has 0 atom stereocenters. The summed E-state index contributed by atoms with van der Waals surface area (Å²) in [5.41, 5.74) is 3.90.